The molecule has 9 heteroatoms. The first kappa shape index (κ1) is 20.9. The van der Waals surface area contributed by atoms with Crippen molar-refractivity contribution in [2.24, 2.45) is 0 Å². The molecule has 0 radical (unpaired) electrons. The van der Waals surface area contributed by atoms with Crippen LogP contribution in [0.15, 0.2) is 63.4 Å². The van der Waals surface area contributed by atoms with Crippen molar-refractivity contribution in [3.63, 3.8) is 0 Å². The second-order valence-corrected chi connectivity index (χ2v) is 8.71. The third kappa shape index (κ3) is 4.52. The van der Waals surface area contributed by atoms with Crippen molar-refractivity contribution in [2.45, 2.75) is 35.5 Å². The van der Waals surface area contributed by atoms with E-state index in [0.29, 0.717) is 21.5 Å². The largest absolute Gasteiger partial charge is 0.573 e. The number of thioether (sulfide) groups is 2. The van der Waals surface area contributed by atoms with E-state index in [1.165, 1.54) is 52.4 Å². The fourth-order valence-electron chi connectivity index (χ4n) is 3.13. The maximum Gasteiger partial charge on any atom is 0.573 e. The van der Waals surface area contributed by atoms with Gasteiger partial charge in [-0.05, 0) is 42.3 Å². The lowest BCUT2D eigenvalue weighted by atomic mass is 10.1. The minimum Gasteiger partial charge on any atom is -0.406 e. The summed E-state index contributed by atoms with van der Waals surface area (Å²) in [5.74, 6) is 1.08. The Balaban J connectivity index is 1.71. The lowest BCUT2D eigenvalue weighted by Crippen LogP contribution is -2.24. The van der Waals surface area contributed by atoms with E-state index in [2.05, 4.69) is 4.74 Å². The van der Waals surface area contributed by atoms with E-state index in [0.717, 1.165) is 29.0 Å². The molecule has 0 atom stereocenters. The lowest BCUT2D eigenvalue weighted by Gasteiger charge is -2.15. The molecule has 2 aromatic carbocycles. The second-order valence-electron chi connectivity index (χ2n) is 6.67. The molecule has 0 unspecified atom stereocenters. The smallest absolute Gasteiger partial charge is 0.406 e. The Morgan fingerprint density at radius 3 is 2.60 bits per heavy atom. The molecule has 0 fully saturated rings. The number of aryl methyl sites for hydroxylation is 2. The van der Waals surface area contributed by atoms with E-state index < -0.39 is 6.36 Å². The molecule has 1 aliphatic rings. The van der Waals surface area contributed by atoms with E-state index >= 15 is 0 Å². The van der Waals surface area contributed by atoms with E-state index in [-0.39, 0.29) is 11.3 Å². The van der Waals surface area contributed by atoms with Crippen LogP contribution in [0.3, 0.4) is 0 Å². The van der Waals surface area contributed by atoms with E-state index in [9.17, 15) is 18.0 Å². The van der Waals surface area contributed by atoms with Crippen LogP contribution in [-0.2, 0) is 12.2 Å². The van der Waals surface area contributed by atoms with Gasteiger partial charge in [-0.25, -0.2) is 4.98 Å². The van der Waals surface area contributed by atoms with Crippen molar-refractivity contribution in [1.29, 1.82) is 0 Å². The molecule has 4 rings (SSSR count). The molecule has 0 spiro atoms. The van der Waals surface area contributed by atoms with Gasteiger partial charge in [-0.15, -0.1) is 24.9 Å². The Labute approximate surface area is 179 Å². The van der Waals surface area contributed by atoms with Gasteiger partial charge >= 0.3 is 6.36 Å². The van der Waals surface area contributed by atoms with Gasteiger partial charge < -0.3 is 4.74 Å². The number of halogens is 3. The Kier molecular flexibility index (Phi) is 5.84. The number of alkyl halides is 3. The predicted molar refractivity (Wildman–Crippen MR) is 112 cm³/mol. The molecule has 2 heterocycles. The number of hydrogen-bond donors (Lipinski definition) is 0. The summed E-state index contributed by atoms with van der Waals surface area (Å²) < 4.78 is 42.7. The summed E-state index contributed by atoms with van der Waals surface area (Å²) in [6.07, 6.45) is -4.04. The van der Waals surface area contributed by atoms with E-state index in [4.69, 9.17) is 4.98 Å². The van der Waals surface area contributed by atoms with E-state index in [1.54, 1.807) is 0 Å². The second kappa shape index (κ2) is 8.39. The van der Waals surface area contributed by atoms with Crippen LogP contribution in [-0.4, -0.2) is 21.7 Å². The number of ether oxygens (including phenoxy) is 1. The summed E-state index contributed by atoms with van der Waals surface area (Å²) in [6, 6.07) is 13.3. The Bertz CT molecular complexity index is 1130. The van der Waals surface area contributed by atoms with Gasteiger partial charge in [0.15, 0.2) is 5.16 Å². The molecule has 156 valence electrons. The zero-order valence-corrected chi connectivity index (χ0v) is 17.5. The fraction of sp³-hybridized carbons (Fsp3) is 0.238. The third-order valence-electron chi connectivity index (χ3n) is 4.61. The molecule has 0 N–H and O–H groups in total. The first-order valence-corrected chi connectivity index (χ1v) is 11.1. The molecule has 0 saturated carbocycles. The highest BCUT2D eigenvalue weighted by molar-refractivity contribution is 7.99. The number of nitrogens with zero attached hydrogens (tertiary/aromatic N) is 2. The molecule has 3 aromatic rings. The zero-order chi connectivity index (χ0) is 21.3. The summed E-state index contributed by atoms with van der Waals surface area (Å²) in [5, 5.41) is 0.522. The Hall–Kier alpha value is -2.39. The van der Waals surface area contributed by atoms with Crippen LogP contribution in [0.1, 0.15) is 16.8 Å². The van der Waals surface area contributed by atoms with Crippen LogP contribution >= 0.6 is 23.5 Å². The minimum absolute atomic E-state index is 0.195. The number of hydrogen-bond acceptors (Lipinski definition) is 5. The normalized spacial score (nSPS) is 13.3. The van der Waals surface area contributed by atoms with Gasteiger partial charge in [0.2, 0.25) is 0 Å². The molecular weight excluding hydrogens is 433 g/mol. The average Bonchev–Trinajstić information content (AvgIpc) is 3.16. The molecule has 0 bridgehead atoms. The monoisotopic (exact) mass is 450 g/mol. The molecule has 1 aliphatic heterocycles. The lowest BCUT2D eigenvalue weighted by molar-refractivity contribution is -0.274. The van der Waals surface area contributed by atoms with Crippen LogP contribution in [0.25, 0.3) is 5.69 Å². The SMILES string of the molecule is Cc1ccccc1CSc1nc2c(c(=O)n1-c1ccc(OC(F)(F)F)cc1)SCC2. The van der Waals surface area contributed by atoms with Crippen LogP contribution in [0.2, 0.25) is 0 Å². The molecule has 0 amide bonds. The maximum atomic E-state index is 13.2. The zero-order valence-electron chi connectivity index (χ0n) is 15.9. The van der Waals surface area contributed by atoms with Crippen LogP contribution in [0.4, 0.5) is 13.2 Å². The molecular formula is C21H17F3N2O2S2. The third-order valence-corrected chi connectivity index (χ3v) is 6.71. The highest BCUT2D eigenvalue weighted by atomic mass is 32.2. The van der Waals surface area contributed by atoms with Crippen molar-refractivity contribution in [1.82, 2.24) is 9.55 Å². The van der Waals surface area contributed by atoms with Gasteiger partial charge in [-0.2, -0.15) is 0 Å². The van der Waals surface area contributed by atoms with E-state index in [1.807, 2.05) is 31.2 Å². The average molecular weight is 451 g/mol. The van der Waals surface area contributed by atoms with Gasteiger partial charge in [0.25, 0.3) is 5.56 Å². The number of fused-ring (bicyclic) bond motifs is 1. The van der Waals surface area contributed by atoms with Gasteiger partial charge in [0, 0.05) is 17.9 Å². The molecule has 1 aromatic heterocycles. The molecule has 30 heavy (non-hydrogen) atoms. The van der Waals surface area contributed by atoms with Crippen LogP contribution in [0, 0.1) is 6.92 Å². The maximum absolute atomic E-state index is 13.2. The highest BCUT2D eigenvalue weighted by Crippen LogP contribution is 2.32. The molecule has 0 saturated heterocycles. The summed E-state index contributed by atoms with van der Waals surface area (Å²) in [4.78, 5) is 18.5. The number of benzene rings is 2. The van der Waals surface area contributed by atoms with Crippen molar-refractivity contribution in [2.75, 3.05) is 5.75 Å². The standard InChI is InChI=1S/C21H17F3N2O2S2/c1-13-4-2-3-5-14(13)12-30-20-25-17-10-11-29-18(17)19(27)26(20)15-6-8-16(9-7-15)28-21(22,23)24/h2-9H,10-12H2,1H3. The summed E-state index contributed by atoms with van der Waals surface area (Å²) in [6.45, 7) is 2.02. The summed E-state index contributed by atoms with van der Waals surface area (Å²) in [5.41, 5.74) is 3.31. The van der Waals surface area contributed by atoms with Crippen molar-refractivity contribution < 1.29 is 17.9 Å². The van der Waals surface area contributed by atoms with Crippen molar-refractivity contribution in [3.05, 3.63) is 75.7 Å². The van der Waals surface area contributed by atoms with Gasteiger partial charge in [-0.1, -0.05) is 36.0 Å². The topological polar surface area (TPSA) is 44.1 Å². The summed E-state index contributed by atoms with van der Waals surface area (Å²) in [7, 11) is 0. The quantitative estimate of drug-likeness (QED) is 0.386. The Morgan fingerprint density at radius 2 is 1.90 bits per heavy atom. The van der Waals surface area contributed by atoms with Gasteiger partial charge in [-0.3, -0.25) is 9.36 Å². The Morgan fingerprint density at radius 1 is 1.17 bits per heavy atom. The van der Waals surface area contributed by atoms with Crippen molar-refractivity contribution >= 4 is 23.5 Å². The first-order chi connectivity index (χ1) is 14.3. The molecule has 0 aliphatic carbocycles. The van der Waals surface area contributed by atoms with Crippen molar-refractivity contribution in [3.8, 4) is 11.4 Å². The number of aromatic nitrogens is 2. The fourth-order valence-corrected chi connectivity index (χ4v) is 5.26. The van der Waals surface area contributed by atoms with Crippen LogP contribution in [0.5, 0.6) is 5.75 Å². The first-order valence-electron chi connectivity index (χ1n) is 9.14. The van der Waals surface area contributed by atoms with Gasteiger partial charge in [0.05, 0.1) is 16.3 Å². The predicted octanol–water partition coefficient (Wildman–Crippen LogP) is 5.38. The molecule has 4 nitrogen and oxygen atoms in total. The highest BCUT2D eigenvalue weighted by Gasteiger charge is 2.31. The van der Waals surface area contributed by atoms with Gasteiger partial charge in [0.1, 0.15) is 5.75 Å². The minimum atomic E-state index is -4.77. The number of rotatable bonds is 5. The van der Waals surface area contributed by atoms with Crippen LogP contribution < -0.4 is 10.3 Å². The summed E-state index contributed by atoms with van der Waals surface area (Å²) >= 11 is 2.90.